The third-order valence-corrected chi connectivity index (χ3v) is 10.5. The van der Waals surface area contributed by atoms with Gasteiger partial charge in [0.05, 0.1) is 19.1 Å². The second-order valence-electron chi connectivity index (χ2n) is 16.4. The van der Waals surface area contributed by atoms with Crippen LogP contribution in [0.3, 0.4) is 0 Å². The summed E-state index contributed by atoms with van der Waals surface area (Å²) >= 11 is 0. The summed E-state index contributed by atoms with van der Waals surface area (Å²) in [6.45, 7) is 3.58. The van der Waals surface area contributed by atoms with Crippen LogP contribution in [-0.2, 0) is 54.4 Å². The van der Waals surface area contributed by atoms with Gasteiger partial charge < -0.3 is 80.4 Å². The largest absolute Gasteiger partial charge is 0.480 e. The van der Waals surface area contributed by atoms with E-state index >= 15 is 0 Å². The summed E-state index contributed by atoms with van der Waals surface area (Å²) < 4.78 is 0. The van der Waals surface area contributed by atoms with Crippen molar-refractivity contribution in [2.24, 2.45) is 28.9 Å². The van der Waals surface area contributed by atoms with E-state index in [1.165, 1.54) is 0 Å². The van der Waals surface area contributed by atoms with Gasteiger partial charge in [0.2, 0.25) is 53.2 Å². The molecule has 1 aliphatic rings. The number of aliphatic carboxylic acids is 1. The number of nitrogens with two attached hydrogens (primary N) is 4. The molecule has 1 saturated heterocycles. The molecule has 372 valence electrons. The number of carboxylic acids is 1. The van der Waals surface area contributed by atoms with Gasteiger partial charge in [-0.05, 0) is 50.5 Å². The van der Waals surface area contributed by atoms with Gasteiger partial charge in [-0.15, -0.1) is 0 Å². The minimum atomic E-state index is -1.68. The Morgan fingerprint density at radius 2 is 1.33 bits per heavy atom. The van der Waals surface area contributed by atoms with Gasteiger partial charge >= 0.3 is 5.97 Å². The number of guanidine groups is 1. The van der Waals surface area contributed by atoms with Crippen LogP contribution in [0, 0.1) is 11.3 Å². The average molecular weight is 948 g/mol. The molecule has 1 aromatic carbocycles. The number of hydrogen-bond donors (Lipinski definition) is 15. The Bertz CT molecular complexity index is 1940. The third-order valence-electron chi connectivity index (χ3n) is 10.5. The molecule has 26 nitrogen and oxygen atoms in total. The summed E-state index contributed by atoms with van der Waals surface area (Å²) in [6, 6.07) is -3.47. The zero-order chi connectivity index (χ0) is 50.5. The SMILES string of the molecule is CC(C)[C@H](NC(=O)[C@H](CCCNC(=N)N)NC(=O)[C@H](Cc1ccccc1)NC(=O)[C@H](CC(N)=O)NC(=O)[C@@H](N)CO)C(=O)N[C@@H](CCC(N)=O)C(=O)N1CCC[C@H]1C(=O)N[C@H](C(=O)O)[C@@H](C)O. The van der Waals surface area contributed by atoms with E-state index in [0.717, 1.165) is 11.8 Å². The maximum atomic E-state index is 14.2. The Kier molecular flexibility index (Phi) is 23.1. The van der Waals surface area contributed by atoms with E-state index in [9.17, 15) is 63.3 Å². The first-order valence-electron chi connectivity index (χ1n) is 21.6. The quantitative estimate of drug-likeness (QED) is 0.0211. The van der Waals surface area contributed by atoms with Crippen molar-refractivity contribution in [2.75, 3.05) is 19.7 Å². The Hall–Kier alpha value is -6.93. The maximum absolute atomic E-state index is 14.2. The summed E-state index contributed by atoms with van der Waals surface area (Å²) in [7, 11) is 0. The van der Waals surface area contributed by atoms with Crippen molar-refractivity contribution in [1.29, 1.82) is 5.41 Å². The summed E-state index contributed by atoms with van der Waals surface area (Å²) in [4.78, 5) is 132. The minimum Gasteiger partial charge on any atom is -0.480 e. The highest BCUT2D eigenvalue weighted by Gasteiger charge is 2.41. The molecule has 0 saturated carbocycles. The fraction of sp³-hybridized carbons (Fsp3) is 0.585. The molecule has 9 atom stereocenters. The highest BCUT2D eigenvalue weighted by molar-refractivity contribution is 5.98. The smallest absolute Gasteiger partial charge is 0.328 e. The Morgan fingerprint density at radius 3 is 1.88 bits per heavy atom. The predicted molar refractivity (Wildman–Crippen MR) is 237 cm³/mol. The van der Waals surface area contributed by atoms with Crippen molar-refractivity contribution < 1.29 is 63.3 Å². The lowest BCUT2D eigenvalue weighted by molar-refractivity contribution is -0.147. The fourth-order valence-electron chi connectivity index (χ4n) is 6.91. The Balaban J connectivity index is 2.45. The van der Waals surface area contributed by atoms with Crippen molar-refractivity contribution in [3.63, 3.8) is 0 Å². The van der Waals surface area contributed by atoms with Gasteiger partial charge in [0.15, 0.2) is 12.0 Å². The zero-order valence-corrected chi connectivity index (χ0v) is 37.6. The number of primary amides is 2. The monoisotopic (exact) mass is 947 g/mol. The molecule has 0 unspecified atom stereocenters. The lowest BCUT2D eigenvalue weighted by Gasteiger charge is -2.31. The van der Waals surface area contributed by atoms with Crippen LogP contribution in [0.15, 0.2) is 30.3 Å². The Labute approximate surface area is 386 Å². The van der Waals surface area contributed by atoms with Crippen molar-refractivity contribution in [1.82, 2.24) is 42.1 Å². The second-order valence-corrected chi connectivity index (χ2v) is 16.4. The fourth-order valence-corrected chi connectivity index (χ4v) is 6.91. The van der Waals surface area contributed by atoms with Crippen LogP contribution in [0.2, 0.25) is 0 Å². The van der Waals surface area contributed by atoms with Crippen molar-refractivity contribution in [3.05, 3.63) is 35.9 Å². The summed E-state index contributed by atoms with van der Waals surface area (Å²) in [5, 5.41) is 53.4. The van der Waals surface area contributed by atoms with Gasteiger partial charge in [0.1, 0.15) is 42.3 Å². The highest BCUT2D eigenvalue weighted by Crippen LogP contribution is 2.21. The molecule has 0 spiro atoms. The van der Waals surface area contributed by atoms with Gasteiger partial charge in [-0.2, -0.15) is 0 Å². The first kappa shape index (κ1) is 56.2. The molecule has 1 aliphatic heterocycles. The number of hydrogen-bond acceptors (Lipinski definition) is 14. The second kappa shape index (κ2) is 27.5. The Morgan fingerprint density at radius 1 is 0.746 bits per heavy atom. The number of likely N-dealkylation sites (tertiary alicyclic amines) is 1. The molecule has 0 aliphatic carbocycles. The predicted octanol–water partition coefficient (Wildman–Crippen LogP) is -6.03. The van der Waals surface area contributed by atoms with Crippen LogP contribution < -0.4 is 60.2 Å². The van der Waals surface area contributed by atoms with Gasteiger partial charge in [-0.3, -0.25) is 48.6 Å². The summed E-state index contributed by atoms with van der Waals surface area (Å²) in [5.74, 6) is -10.9. The van der Waals surface area contributed by atoms with Gasteiger partial charge in [-0.25, -0.2) is 4.79 Å². The van der Waals surface area contributed by atoms with Crippen molar-refractivity contribution in [2.45, 2.75) is 127 Å². The van der Waals surface area contributed by atoms with Crippen molar-refractivity contribution in [3.8, 4) is 0 Å². The molecule has 1 fully saturated rings. The van der Waals surface area contributed by atoms with E-state index in [0.29, 0.717) is 12.0 Å². The van der Waals surface area contributed by atoms with E-state index < -0.39 is 139 Å². The molecular formula is C41H65N13O13. The lowest BCUT2D eigenvalue weighted by Crippen LogP contribution is -2.61. The summed E-state index contributed by atoms with van der Waals surface area (Å²) in [5.41, 5.74) is 22.2. The van der Waals surface area contributed by atoms with Gasteiger partial charge in [0.25, 0.3) is 0 Å². The number of benzene rings is 1. The van der Waals surface area contributed by atoms with E-state index in [2.05, 4.69) is 37.2 Å². The number of carbonyl (C=O) groups is 10. The van der Waals surface area contributed by atoms with E-state index in [-0.39, 0.29) is 51.2 Å². The van der Waals surface area contributed by atoms with E-state index in [1.54, 1.807) is 44.2 Å². The molecule has 19 N–H and O–H groups in total. The highest BCUT2D eigenvalue weighted by atomic mass is 16.4. The number of nitrogens with zero attached hydrogens (tertiary/aromatic N) is 1. The van der Waals surface area contributed by atoms with Crippen LogP contribution in [0.1, 0.15) is 71.3 Å². The van der Waals surface area contributed by atoms with Crippen LogP contribution in [-0.4, -0.2) is 159 Å². The normalized spacial score (nSPS) is 16.9. The molecule has 26 heteroatoms. The summed E-state index contributed by atoms with van der Waals surface area (Å²) in [6.07, 6.45) is -2.69. The number of aliphatic hydroxyl groups excluding tert-OH is 2. The minimum absolute atomic E-state index is 0.0144. The number of aliphatic hydroxyl groups is 2. The van der Waals surface area contributed by atoms with Gasteiger partial charge in [0, 0.05) is 25.9 Å². The molecule has 1 heterocycles. The topological polar surface area (TPSA) is 447 Å². The molecule has 0 radical (unpaired) electrons. The number of nitrogens with one attached hydrogen (secondary N) is 8. The molecule has 1 aromatic rings. The van der Waals surface area contributed by atoms with E-state index in [4.69, 9.17) is 28.3 Å². The van der Waals surface area contributed by atoms with Crippen LogP contribution >= 0.6 is 0 Å². The van der Waals surface area contributed by atoms with Crippen molar-refractivity contribution >= 4 is 65.1 Å². The van der Waals surface area contributed by atoms with Crippen LogP contribution in [0.4, 0.5) is 0 Å². The molecule has 0 aromatic heterocycles. The van der Waals surface area contributed by atoms with Gasteiger partial charge in [-0.1, -0.05) is 44.2 Å². The maximum Gasteiger partial charge on any atom is 0.328 e. The molecule has 2 rings (SSSR count). The molecule has 9 amide bonds. The van der Waals surface area contributed by atoms with Crippen LogP contribution in [0.5, 0.6) is 0 Å². The van der Waals surface area contributed by atoms with Crippen LogP contribution in [0.25, 0.3) is 0 Å². The third kappa shape index (κ3) is 18.8. The number of amides is 9. The first-order chi connectivity index (χ1) is 31.5. The average Bonchev–Trinajstić information content (AvgIpc) is 3.76. The zero-order valence-electron chi connectivity index (χ0n) is 37.6. The number of carboxylic acid groups (broad SMARTS) is 1. The number of carbonyl (C=O) groups excluding carboxylic acids is 9. The molecule has 0 bridgehead atoms. The lowest BCUT2D eigenvalue weighted by atomic mass is 10.00. The standard InChI is InChI=1S/C41H65N13O13/c1-20(2)31(38(64)49-25(13-14-29(43)57)39(65)54-16-8-12-28(54)37(63)53-32(21(3)56)40(66)67)52-34(60)24(11-7-15-47-41(45)46)48-35(61)26(17-22-9-5-4-6-10-22)51-36(62)27(18-30(44)58)50-33(59)23(42)19-55/h4-6,9-10,20-21,23-28,31-32,55-56H,7-8,11-19,42H2,1-3H3,(H2,43,57)(H2,44,58)(H,48,61)(H,49,64)(H,50,59)(H,51,62)(H,52,60)(H,53,63)(H,66,67)(H4,45,46,47)/t21-,23+,24+,25+,26+,27+,28+,31+,32+/m1/s1. The first-order valence-corrected chi connectivity index (χ1v) is 21.6. The van der Waals surface area contributed by atoms with E-state index in [1.807, 2.05) is 0 Å². The molecule has 67 heavy (non-hydrogen) atoms. The molecular weight excluding hydrogens is 883 g/mol. The number of rotatable bonds is 28.